The second-order valence-corrected chi connectivity index (χ2v) is 7.54. The Morgan fingerprint density at radius 1 is 1.39 bits per heavy atom. The fourth-order valence-corrected chi connectivity index (χ4v) is 3.03. The summed E-state index contributed by atoms with van der Waals surface area (Å²) in [4.78, 5) is 13.9. The van der Waals surface area contributed by atoms with Crippen molar-refractivity contribution in [2.45, 2.75) is 12.8 Å². The molecule has 1 saturated heterocycles. The Bertz CT molecular complexity index is 633. The topological polar surface area (TPSA) is 75.7 Å². The molecule has 1 fully saturated rings. The average Bonchev–Trinajstić information content (AvgIpc) is 2.52. The maximum atomic E-state index is 12.8. The van der Waals surface area contributed by atoms with Gasteiger partial charge in [0, 0.05) is 19.6 Å². The van der Waals surface area contributed by atoms with Crippen LogP contribution in [0.15, 0.2) is 24.3 Å². The molecule has 1 heterocycles. The van der Waals surface area contributed by atoms with Gasteiger partial charge in [-0.1, -0.05) is 0 Å². The van der Waals surface area contributed by atoms with E-state index in [0.29, 0.717) is 25.4 Å². The average molecular weight is 344 g/mol. The summed E-state index contributed by atoms with van der Waals surface area (Å²) in [7, 11) is -3.22. The van der Waals surface area contributed by atoms with Gasteiger partial charge in [0.15, 0.2) is 6.61 Å². The molecule has 1 aliphatic rings. The molecule has 8 heteroatoms. The third-order valence-corrected chi connectivity index (χ3v) is 4.37. The van der Waals surface area contributed by atoms with E-state index in [-0.39, 0.29) is 24.2 Å². The van der Waals surface area contributed by atoms with Gasteiger partial charge in [0.25, 0.3) is 5.91 Å². The van der Waals surface area contributed by atoms with Crippen molar-refractivity contribution in [1.29, 1.82) is 0 Å². The molecular weight excluding hydrogens is 323 g/mol. The van der Waals surface area contributed by atoms with E-state index < -0.39 is 10.0 Å². The zero-order valence-corrected chi connectivity index (χ0v) is 13.8. The molecule has 6 nitrogen and oxygen atoms in total. The maximum absolute atomic E-state index is 12.8. The third-order valence-electron chi connectivity index (χ3n) is 3.68. The minimum Gasteiger partial charge on any atom is -0.484 e. The standard InChI is InChI=1S/C15H21FN2O4S/c1-23(20,21)17-9-12-3-2-8-18(10-12)15(19)11-22-14-6-4-13(16)5-7-14/h4-7,12,17H,2-3,8-11H2,1H3. The molecule has 1 N–H and O–H groups in total. The number of ether oxygens (including phenoxy) is 1. The first-order valence-electron chi connectivity index (χ1n) is 7.44. The predicted molar refractivity (Wildman–Crippen MR) is 84.0 cm³/mol. The number of piperidine rings is 1. The van der Waals surface area contributed by atoms with Crippen molar-refractivity contribution < 1.29 is 22.3 Å². The summed E-state index contributed by atoms with van der Waals surface area (Å²) in [5.41, 5.74) is 0. The first-order chi connectivity index (χ1) is 10.8. The Morgan fingerprint density at radius 2 is 2.09 bits per heavy atom. The van der Waals surface area contributed by atoms with Crippen LogP contribution in [0.1, 0.15) is 12.8 Å². The lowest BCUT2D eigenvalue weighted by Gasteiger charge is -2.32. The van der Waals surface area contributed by atoms with E-state index in [1.54, 1.807) is 4.90 Å². The van der Waals surface area contributed by atoms with E-state index in [1.807, 2.05) is 0 Å². The SMILES string of the molecule is CS(=O)(=O)NCC1CCCN(C(=O)COc2ccc(F)cc2)C1. The third kappa shape index (κ3) is 6.15. The van der Waals surface area contributed by atoms with Crippen LogP contribution in [0.5, 0.6) is 5.75 Å². The van der Waals surface area contributed by atoms with Crippen molar-refractivity contribution in [3.05, 3.63) is 30.1 Å². The zero-order chi connectivity index (χ0) is 16.9. The Kier molecular flexibility index (Phi) is 5.95. The Hall–Kier alpha value is -1.67. The minimum absolute atomic E-state index is 0.105. The second kappa shape index (κ2) is 7.74. The Balaban J connectivity index is 1.80. The van der Waals surface area contributed by atoms with Crippen LogP contribution in [0.25, 0.3) is 0 Å². The molecule has 0 saturated carbocycles. The fraction of sp³-hybridized carbons (Fsp3) is 0.533. The summed E-state index contributed by atoms with van der Waals surface area (Å²) in [6.07, 6.45) is 2.83. The number of benzene rings is 1. The number of carbonyl (C=O) groups is 1. The predicted octanol–water partition coefficient (Wildman–Crippen LogP) is 0.992. The molecule has 0 radical (unpaired) electrons. The number of nitrogens with one attached hydrogen (secondary N) is 1. The second-order valence-electron chi connectivity index (χ2n) is 5.71. The van der Waals surface area contributed by atoms with Crippen molar-refractivity contribution in [3.8, 4) is 5.75 Å². The van der Waals surface area contributed by atoms with Crippen LogP contribution < -0.4 is 9.46 Å². The fourth-order valence-electron chi connectivity index (χ4n) is 2.49. The largest absolute Gasteiger partial charge is 0.484 e. The van der Waals surface area contributed by atoms with E-state index >= 15 is 0 Å². The quantitative estimate of drug-likeness (QED) is 0.835. The molecule has 128 valence electrons. The number of carbonyl (C=O) groups excluding carboxylic acids is 1. The molecule has 23 heavy (non-hydrogen) atoms. The lowest BCUT2D eigenvalue weighted by atomic mass is 9.98. The van der Waals surface area contributed by atoms with Gasteiger partial charge >= 0.3 is 0 Å². The Morgan fingerprint density at radius 3 is 2.74 bits per heavy atom. The van der Waals surface area contributed by atoms with Crippen LogP contribution in [0, 0.1) is 11.7 Å². The molecule has 1 atom stereocenters. The lowest BCUT2D eigenvalue weighted by molar-refractivity contribution is -0.135. The van der Waals surface area contributed by atoms with Gasteiger partial charge < -0.3 is 9.64 Å². The lowest BCUT2D eigenvalue weighted by Crippen LogP contribution is -2.45. The van der Waals surface area contributed by atoms with Crippen LogP contribution in [-0.2, 0) is 14.8 Å². The number of rotatable bonds is 6. The molecule has 0 spiro atoms. The number of hydrogen-bond donors (Lipinski definition) is 1. The van der Waals surface area contributed by atoms with Crippen molar-refractivity contribution in [2.75, 3.05) is 32.5 Å². The highest BCUT2D eigenvalue weighted by Crippen LogP contribution is 2.17. The molecule has 1 amide bonds. The van der Waals surface area contributed by atoms with Gasteiger partial charge in [0.2, 0.25) is 10.0 Å². The van der Waals surface area contributed by atoms with Crippen LogP contribution in [0.4, 0.5) is 4.39 Å². The van der Waals surface area contributed by atoms with Gasteiger partial charge in [-0.2, -0.15) is 0 Å². The van der Waals surface area contributed by atoms with E-state index in [1.165, 1.54) is 24.3 Å². The van der Waals surface area contributed by atoms with Gasteiger partial charge in [-0.05, 0) is 43.0 Å². The van der Waals surface area contributed by atoms with Gasteiger partial charge in [-0.15, -0.1) is 0 Å². The molecule has 2 rings (SSSR count). The summed E-state index contributed by atoms with van der Waals surface area (Å²) in [5, 5.41) is 0. The smallest absolute Gasteiger partial charge is 0.260 e. The number of sulfonamides is 1. The molecule has 0 bridgehead atoms. The van der Waals surface area contributed by atoms with Crippen LogP contribution in [-0.4, -0.2) is 51.7 Å². The van der Waals surface area contributed by atoms with E-state index in [0.717, 1.165) is 19.1 Å². The number of nitrogens with zero attached hydrogens (tertiary/aromatic N) is 1. The molecular formula is C15H21FN2O4S. The maximum Gasteiger partial charge on any atom is 0.260 e. The number of halogens is 1. The molecule has 1 aliphatic heterocycles. The van der Waals surface area contributed by atoms with Crippen molar-refractivity contribution in [1.82, 2.24) is 9.62 Å². The highest BCUT2D eigenvalue weighted by molar-refractivity contribution is 7.88. The van der Waals surface area contributed by atoms with Crippen molar-refractivity contribution >= 4 is 15.9 Å². The van der Waals surface area contributed by atoms with Crippen LogP contribution in [0.3, 0.4) is 0 Å². The summed E-state index contributed by atoms with van der Waals surface area (Å²) in [6, 6.07) is 5.48. The van der Waals surface area contributed by atoms with Crippen LogP contribution in [0.2, 0.25) is 0 Å². The minimum atomic E-state index is -3.22. The summed E-state index contributed by atoms with van der Waals surface area (Å²) < 4.78 is 42.9. The first kappa shape index (κ1) is 17.7. The highest BCUT2D eigenvalue weighted by Gasteiger charge is 2.24. The number of hydrogen-bond acceptors (Lipinski definition) is 4. The monoisotopic (exact) mass is 344 g/mol. The summed E-state index contributed by atoms with van der Waals surface area (Å²) >= 11 is 0. The number of likely N-dealkylation sites (tertiary alicyclic amines) is 1. The van der Waals surface area contributed by atoms with Gasteiger partial charge in [0.05, 0.1) is 6.26 Å². The van der Waals surface area contributed by atoms with Gasteiger partial charge in [-0.25, -0.2) is 17.5 Å². The van der Waals surface area contributed by atoms with E-state index in [9.17, 15) is 17.6 Å². The van der Waals surface area contributed by atoms with E-state index in [2.05, 4.69) is 4.72 Å². The Labute approximate surface area is 135 Å². The molecule has 1 unspecified atom stereocenters. The van der Waals surface area contributed by atoms with Crippen LogP contribution >= 0.6 is 0 Å². The van der Waals surface area contributed by atoms with Crippen molar-refractivity contribution in [2.24, 2.45) is 5.92 Å². The first-order valence-corrected chi connectivity index (χ1v) is 9.33. The molecule has 0 aliphatic carbocycles. The molecule has 1 aromatic carbocycles. The van der Waals surface area contributed by atoms with E-state index in [4.69, 9.17) is 4.74 Å². The summed E-state index contributed by atoms with van der Waals surface area (Å²) in [5.74, 6) is 0.0274. The van der Waals surface area contributed by atoms with Gasteiger partial charge in [0.1, 0.15) is 11.6 Å². The zero-order valence-electron chi connectivity index (χ0n) is 13.0. The van der Waals surface area contributed by atoms with Gasteiger partial charge in [-0.3, -0.25) is 4.79 Å². The number of amides is 1. The summed E-state index contributed by atoms with van der Waals surface area (Å²) in [6.45, 7) is 1.37. The molecule has 0 aromatic heterocycles. The highest BCUT2D eigenvalue weighted by atomic mass is 32.2. The normalized spacial score (nSPS) is 18.7. The molecule has 1 aromatic rings. The van der Waals surface area contributed by atoms with Crippen molar-refractivity contribution in [3.63, 3.8) is 0 Å².